The molecule has 0 fully saturated rings. The van der Waals surface area contributed by atoms with Gasteiger partial charge >= 0.3 is 11.9 Å². The van der Waals surface area contributed by atoms with Crippen molar-refractivity contribution in [3.63, 3.8) is 0 Å². The van der Waals surface area contributed by atoms with E-state index in [1.165, 1.54) is 12.8 Å². The number of carboxylic acids is 1. The van der Waals surface area contributed by atoms with Gasteiger partial charge in [0.15, 0.2) is 0 Å². The van der Waals surface area contributed by atoms with Crippen LogP contribution in [0.1, 0.15) is 110 Å². The highest BCUT2D eigenvalue weighted by Crippen LogP contribution is 2.10. The van der Waals surface area contributed by atoms with Crippen LogP contribution in [0, 0.1) is 0 Å². The van der Waals surface area contributed by atoms with Gasteiger partial charge in [0.05, 0.1) is 13.2 Å². The molecule has 0 saturated carbocycles. The predicted molar refractivity (Wildman–Crippen MR) is 122 cm³/mol. The quantitative estimate of drug-likeness (QED) is 0.172. The average molecular weight is 430 g/mol. The van der Waals surface area contributed by atoms with Crippen molar-refractivity contribution in [3.8, 4) is 0 Å². The zero-order chi connectivity index (χ0) is 22.3. The van der Waals surface area contributed by atoms with Crippen LogP contribution in [-0.4, -0.2) is 59.9 Å². The number of carbonyl (C=O) groups is 2. The highest BCUT2D eigenvalue weighted by atomic mass is 16.5. The Morgan fingerprint density at radius 2 is 1.23 bits per heavy atom. The lowest BCUT2D eigenvalue weighted by Gasteiger charge is -2.21. The van der Waals surface area contributed by atoms with Crippen molar-refractivity contribution in [3.05, 3.63) is 0 Å². The molecule has 178 valence electrons. The van der Waals surface area contributed by atoms with Crippen molar-refractivity contribution >= 4 is 11.9 Å². The molecule has 0 atom stereocenters. The third-order valence-corrected chi connectivity index (χ3v) is 5.40. The largest absolute Gasteiger partial charge is 0.481 e. The van der Waals surface area contributed by atoms with Crippen molar-refractivity contribution in [2.45, 2.75) is 110 Å². The van der Waals surface area contributed by atoms with E-state index in [0.29, 0.717) is 13.0 Å². The normalized spacial score (nSPS) is 11.2. The van der Waals surface area contributed by atoms with Crippen LogP contribution in [-0.2, 0) is 14.3 Å². The Bertz CT molecular complexity index is 403. The molecule has 0 unspecified atom stereocenters. The van der Waals surface area contributed by atoms with Crippen LogP contribution in [0.2, 0.25) is 0 Å². The molecule has 0 spiro atoms. The van der Waals surface area contributed by atoms with E-state index in [0.717, 1.165) is 96.7 Å². The third-order valence-electron chi connectivity index (χ3n) is 5.40. The molecule has 0 rings (SSSR count). The van der Waals surface area contributed by atoms with Gasteiger partial charge < -0.3 is 19.8 Å². The maximum atomic E-state index is 11.7. The predicted octanol–water partition coefficient (Wildman–Crippen LogP) is 5.17. The number of carboxylic acid groups (broad SMARTS) is 1. The first kappa shape index (κ1) is 28.9. The summed E-state index contributed by atoms with van der Waals surface area (Å²) < 4.78 is 5.26. The maximum Gasteiger partial charge on any atom is 0.305 e. The SMILES string of the molecule is CCCCCCOC(=O)CCCCCCCN(CCO)CCCCCCCC(=O)O. The monoisotopic (exact) mass is 429 g/mol. The molecule has 0 aliphatic rings. The summed E-state index contributed by atoms with van der Waals surface area (Å²) in [5.41, 5.74) is 0. The van der Waals surface area contributed by atoms with Crippen molar-refractivity contribution in [2.24, 2.45) is 0 Å². The van der Waals surface area contributed by atoms with Gasteiger partial charge in [0.25, 0.3) is 0 Å². The number of hydrogen-bond acceptors (Lipinski definition) is 5. The fourth-order valence-corrected chi connectivity index (χ4v) is 3.54. The number of nitrogens with zero attached hydrogens (tertiary/aromatic N) is 1. The van der Waals surface area contributed by atoms with E-state index in [1.807, 2.05) is 0 Å². The van der Waals surface area contributed by atoms with Crippen LogP contribution < -0.4 is 0 Å². The molecule has 0 heterocycles. The van der Waals surface area contributed by atoms with Gasteiger partial charge in [0.2, 0.25) is 0 Å². The summed E-state index contributed by atoms with van der Waals surface area (Å²) in [5, 5.41) is 17.9. The summed E-state index contributed by atoms with van der Waals surface area (Å²) >= 11 is 0. The van der Waals surface area contributed by atoms with Gasteiger partial charge in [-0.2, -0.15) is 0 Å². The Labute approximate surface area is 184 Å². The lowest BCUT2D eigenvalue weighted by Crippen LogP contribution is -2.29. The third kappa shape index (κ3) is 21.6. The van der Waals surface area contributed by atoms with E-state index in [-0.39, 0.29) is 19.0 Å². The minimum Gasteiger partial charge on any atom is -0.481 e. The molecule has 2 N–H and O–H groups in total. The lowest BCUT2D eigenvalue weighted by atomic mass is 10.1. The first-order valence-corrected chi connectivity index (χ1v) is 12.3. The van der Waals surface area contributed by atoms with Gasteiger partial charge in [-0.3, -0.25) is 9.59 Å². The molecule has 0 aromatic rings. The summed E-state index contributed by atoms with van der Waals surface area (Å²) in [5.74, 6) is -0.759. The molecule has 0 bridgehead atoms. The second-order valence-electron chi connectivity index (χ2n) is 8.28. The summed E-state index contributed by atoms with van der Waals surface area (Å²) in [6.07, 6.45) is 15.8. The summed E-state index contributed by atoms with van der Waals surface area (Å²) in [6, 6.07) is 0. The molecule has 0 saturated heterocycles. The van der Waals surface area contributed by atoms with Gasteiger partial charge in [-0.15, -0.1) is 0 Å². The van der Waals surface area contributed by atoms with E-state index >= 15 is 0 Å². The van der Waals surface area contributed by atoms with Crippen LogP contribution in [0.25, 0.3) is 0 Å². The van der Waals surface area contributed by atoms with E-state index in [4.69, 9.17) is 9.84 Å². The molecule has 0 amide bonds. The molecule has 0 aliphatic carbocycles. The molecular formula is C24H47NO5. The van der Waals surface area contributed by atoms with Gasteiger partial charge in [0.1, 0.15) is 0 Å². The number of aliphatic carboxylic acids is 1. The number of aliphatic hydroxyl groups is 1. The number of carbonyl (C=O) groups excluding carboxylic acids is 1. The minimum absolute atomic E-state index is 0.0522. The number of esters is 1. The first-order valence-electron chi connectivity index (χ1n) is 12.3. The van der Waals surface area contributed by atoms with E-state index < -0.39 is 5.97 Å². The molecule has 0 aromatic heterocycles. The molecule has 0 aliphatic heterocycles. The van der Waals surface area contributed by atoms with Gasteiger partial charge in [-0.25, -0.2) is 0 Å². The van der Waals surface area contributed by atoms with Crippen LogP contribution >= 0.6 is 0 Å². The van der Waals surface area contributed by atoms with Crippen LogP contribution in [0.15, 0.2) is 0 Å². The Balaban J connectivity index is 3.53. The van der Waals surface area contributed by atoms with Crippen LogP contribution in [0.3, 0.4) is 0 Å². The van der Waals surface area contributed by atoms with Crippen molar-refractivity contribution in [1.82, 2.24) is 4.90 Å². The smallest absolute Gasteiger partial charge is 0.305 e. The molecule has 0 radical (unpaired) electrons. The number of hydrogen-bond donors (Lipinski definition) is 2. The zero-order valence-corrected chi connectivity index (χ0v) is 19.4. The average Bonchev–Trinajstić information content (AvgIpc) is 2.71. The first-order chi connectivity index (χ1) is 14.6. The van der Waals surface area contributed by atoms with Gasteiger partial charge in [-0.1, -0.05) is 64.7 Å². The zero-order valence-electron chi connectivity index (χ0n) is 19.4. The second kappa shape index (κ2) is 22.5. The number of rotatable bonds is 23. The highest BCUT2D eigenvalue weighted by Gasteiger charge is 2.05. The van der Waals surface area contributed by atoms with Crippen molar-refractivity contribution < 1.29 is 24.5 Å². The molecule has 6 nitrogen and oxygen atoms in total. The molecule has 6 heteroatoms. The second-order valence-corrected chi connectivity index (χ2v) is 8.28. The Morgan fingerprint density at radius 1 is 0.700 bits per heavy atom. The van der Waals surface area contributed by atoms with Gasteiger partial charge in [0, 0.05) is 19.4 Å². The summed E-state index contributed by atoms with van der Waals surface area (Å²) in [7, 11) is 0. The molecule has 0 aromatic carbocycles. The van der Waals surface area contributed by atoms with Crippen LogP contribution in [0.5, 0.6) is 0 Å². The highest BCUT2D eigenvalue weighted by molar-refractivity contribution is 5.69. The fourth-order valence-electron chi connectivity index (χ4n) is 3.54. The Kier molecular flexibility index (Phi) is 21.7. The molecule has 30 heavy (non-hydrogen) atoms. The van der Waals surface area contributed by atoms with Gasteiger partial charge in [-0.05, 0) is 45.2 Å². The standard InChI is InChI=1S/C24H47NO5/c1-2-3-4-15-22-30-24(29)17-12-8-6-10-14-19-25(20-21-26)18-13-9-5-7-11-16-23(27)28/h26H,2-22H2,1H3,(H,27,28). The van der Waals surface area contributed by atoms with Crippen molar-refractivity contribution in [2.75, 3.05) is 32.8 Å². The number of unbranched alkanes of at least 4 members (excludes halogenated alkanes) is 11. The van der Waals surface area contributed by atoms with E-state index in [9.17, 15) is 14.7 Å². The van der Waals surface area contributed by atoms with E-state index in [1.54, 1.807) is 0 Å². The summed E-state index contributed by atoms with van der Waals surface area (Å²) in [4.78, 5) is 24.5. The number of aliphatic hydroxyl groups excluding tert-OH is 1. The van der Waals surface area contributed by atoms with Crippen molar-refractivity contribution in [1.29, 1.82) is 0 Å². The minimum atomic E-state index is -0.707. The summed E-state index contributed by atoms with van der Waals surface area (Å²) in [6.45, 7) is 5.68. The maximum absolute atomic E-state index is 11.7. The number of ether oxygens (including phenoxy) is 1. The van der Waals surface area contributed by atoms with E-state index in [2.05, 4.69) is 11.8 Å². The Morgan fingerprint density at radius 3 is 1.80 bits per heavy atom. The van der Waals surface area contributed by atoms with Crippen LogP contribution in [0.4, 0.5) is 0 Å². The fraction of sp³-hybridized carbons (Fsp3) is 0.917. The lowest BCUT2D eigenvalue weighted by molar-refractivity contribution is -0.144. The Hall–Kier alpha value is -1.14. The molecular weight excluding hydrogens is 382 g/mol. The topological polar surface area (TPSA) is 87.1 Å².